The maximum absolute atomic E-state index is 12.8. The SMILES string of the molecule is Cc1nc2ccc(-c3cc(=O)n4cc(N5CCCN(C)CC5)ccc4n3)nn2n1. The lowest BCUT2D eigenvalue weighted by atomic mass is 10.2. The number of pyridine rings is 1. The van der Waals surface area contributed by atoms with Crippen molar-refractivity contribution >= 4 is 17.0 Å². The van der Waals surface area contributed by atoms with E-state index in [1.807, 2.05) is 37.4 Å². The van der Waals surface area contributed by atoms with Crippen molar-refractivity contribution < 1.29 is 0 Å². The summed E-state index contributed by atoms with van der Waals surface area (Å²) in [5.74, 6) is 0.647. The Kier molecular flexibility index (Phi) is 4.24. The average Bonchev–Trinajstić information content (AvgIpc) is 2.95. The molecule has 5 heterocycles. The van der Waals surface area contributed by atoms with E-state index in [1.165, 1.54) is 10.7 Å². The lowest BCUT2D eigenvalue weighted by molar-refractivity contribution is 0.360. The lowest BCUT2D eigenvalue weighted by Gasteiger charge is -2.23. The molecule has 0 radical (unpaired) electrons. The number of hydrogen-bond acceptors (Lipinski definition) is 7. The van der Waals surface area contributed by atoms with Gasteiger partial charge in [-0.3, -0.25) is 9.20 Å². The molecule has 0 amide bonds. The number of fused-ring (bicyclic) bond motifs is 2. The van der Waals surface area contributed by atoms with E-state index in [0.717, 1.165) is 38.3 Å². The van der Waals surface area contributed by atoms with Gasteiger partial charge in [-0.15, -0.1) is 14.8 Å². The Hall–Kier alpha value is -3.33. The molecule has 0 unspecified atom stereocenters. The topological polar surface area (TPSA) is 83.9 Å². The van der Waals surface area contributed by atoms with Crippen LogP contribution in [0.2, 0.25) is 0 Å². The van der Waals surface area contributed by atoms with E-state index in [-0.39, 0.29) is 5.56 Å². The summed E-state index contributed by atoms with van der Waals surface area (Å²) < 4.78 is 3.07. The number of aryl methyl sites for hydroxylation is 1. The largest absolute Gasteiger partial charge is 0.369 e. The van der Waals surface area contributed by atoms with Crippen molar-refractivity contribution in [2.75, 3.05) is 38.1 Å². The maximum atomic E-state index is 12.8. The predicted octanol–water partition coefficient (Wildman–Crippen LogP) is 1.25. The second kappa shape index (κ2) is 6.93. The molecule has 1 aliphatic heterocycles. The summed E-state index contributed by atoms with van der Waals surface area (Å²) in [6, 6.07) is 9.08. The smallest absolute Gasteiger partial charge is 0.258 e. The first-order valence-electron chi connectivity index (χ1n) is 9.75. The Morgan fingerprint density at radius 3 is 2.66 bits per heavy atom. The Balaban J connectivity index is 1.53. The number of rotatable bonds is 2. The first-order chi connectivity index (χ1) is 14.1. The van der Waals surface area contributed by atoms with Gasteiger partial charge in [0.15, 0.2) is 5.65 Å². The van der Waals surface area contributed by atoms with E-state index in [1.54, 1.807) is 4.40 Å². The van der Waals surface area contributed by atoms with Crippen LogP contribution in [0.3, 0.4) is 0 Å². The standard InChI is InChI=1S/C20H22N8O/c1-14-21-19-7-5-16(24-28(19)23-14)17-12-20(29)27-13-15(4-6-18(27)22-17)26-9-3-8-25(2)10-11-26/h4-7,12-13H,3,8-11H2,1-2H3. The predicted molar refractivity (Wildman–Crippen MR) is 110 cm³/mol. The molecular weight excluding hydrogens is 368 g/mol. The van der Waals surface area contributed by atoms with E-state index in [0.29, 0.717) is 28.5 Å². The fourth-order valence-electron chi connectivity index (χ4n) is 3.74. The molecule has 0 N–H and O–H groups in total. The van der Waals surface area contributed by atoms with E-state index >= 15 is 0 Å². The summed E-state index contributed by atoms with van der Waals surface area (Å²) in [5.41, 5.74) is 3.28. The number of nitrogens with zero attached hydrogens (tertiary/aromatic N) is 8. The van der Waals surface area contributed by atoms with E-state index in [4.69, 9.17) is 0 Å². The van der Waals surface area contributed by atoms with Crippen molar-refractivity contribution in [3.8, 4) is 11.4 Å². The Labute approximate surface area is 167 Å². The van der Waals surface area contributed by atoms with Crippen LogP contribution in [0, 0.1) is 6.92 Å². The third-order valence-corrected chi connectivity index (χ3v) is 5.30. The highest BCUT2D eigenvalue weighted by atomic mass is 16.1. The third-order valence-electron chi connectivity index (χ3n) is 5.30. The molecular formula is C20H22N8O. The molecule has 1 fully saturated rings. The van der Waals surface area contributed by atoms with Gasteiger partial charge in [0.25, 0.3) is 5.56 Å². The highest BCUT2D eigenvalue weighted by Crippen LogP contribution is 2.19. The van der Waals surface area contributed by atoms with Gasteiger partial charge >= 0.3 is 0 Å². The third kappa shape index (κ3) is 3.33. The Morgan fingerprint density at radius 2 is 1.76 bits per heavy atom. The van der Waals surface area contributed by atoms with Gasteiger partial charge in [-0.2, -0.15) is 0 Å². The van der Waals surface area contributed by atoms with Gasteiger partial charge < -0.3 is 9.80 Å². The summed E-state index contributed by atoms with van der Waals surface area (Å²) in [5, 5.41) is 8.68. The minimum Gasteiger partial charge on any atom is -0.369 e. The first kappa shape index (κ1) is 17.7. The second-order valence-electron chi connectivity index (χ2n) is 7.46. The van der Waals surface area contributed by atoms with Crippen LogP contribution in [-0.4, -0.2) is 67.3 Å². The minimum atomic E-state index is -0.129. The van der Waals surface area contributed by atoms with Gasteiger partial charge in [0.2, 0.25) is 0 Å². The summed E-state index contributed by atoms with van der Waals surface area (Å²) in [6.45, 7) is 5.85. The molecule has 0 aliphatic carbocycles. The van der Waals surface area contributed by atoms with Gasteiger partial charge in [0.05, 0.1) is 11.4 Å². The molecule has 0 aromatic carbocycles. The first-order valence-corrected chi connectivity index (χ1v) is 9.75. The Bertz CT molecular complexity index is 1260. The minimum absolute atomic E-state index is 0.129. The summed E-state index contributed by atoms with van der Waals surface area (Å²) in [4.78, 5) is 26.4. The van der Waals surface area contributed by atoms with Crippen molar-refractivity contribution in [2.24, 2.45) is 0 Å². The van der Waals surface area contributed by atoms with E-state index in [9.17, 15) is 4.79 Å². The summed E-state index contributed by atoms with van der Waals surface area (Å²) >= 11 is 0. The fraction of sp³-hybridized carbons (Fsp3) is 0.350. The number of hydrogen-bond donors (Lipinski definition) is 0. The van der Waals surface area contributed by atoms with Crippen molar-refractivity contribution in [3.05, 3.63) is 52.7 Å². The molecule has 148 valence electrons. The molecule has 0 spiro atoms. The van der Waals surface area contributed by atoms with Crippen LogP contribution in [0.1, 0.15) is 12.2 Å². The van der Waals surface area contributed by atoms with Crippen LogP contribution < -0.4 is 10.5 Å². The molecule has 1 saturated heterocycles. The molecule has 1 aliphatic rings. The zero-order chi connectivity index (χ0) is 20.0. The average molecular weight is 390 g/mol. The van der Waals surface area contributed by atoms with Crippen molar-refractivity contribution in [3.63, 3.8) is 0 Å². The van der Waals surface area contributed by atoms with Crippen LogP contribution >= 0.6 is 0 Å². The molecule has 29 heavy (non-hydrogen) atoms. The number of anilines is 1. The Morgan fingerprint density at radius 1 is 0.897 bits per heavy atom. The van der Waals surface area contributed by atoms with E-state index < -0.39 is 0 Å². The molecule has 0 saturated carbocycles. The molecule has 0 bridgehead atoms. The second-order valence-corrected chi connectivity index (χ2v) is 7.46. The highest BCUT2D eigenvalue weighted by Gasteiger charge is 2.14. The quantitative estimate of drug-likeness (QED) is 0.509. The van der Waals surface area contributed by atoms with Crippen molar-refractivity contribution in [1.29, 1.82) is 0 Å². The molecule has 0 atom stereocenters. The lowest BCUT2D eigenvalue weighted by Crippen LogP contribution is -2.29. The zero-order valence-electron chi connectivity index (χ0n) is 16.5. The summed E-state index contributed by atoms with van der Waals surface area (Å²) in [6.07, 6.45) is 2.99. The van der Waals surface area contributed by atoms with Crippen LogP contribution in [0.15, 0.2) is 41.3 Å². The fourth-order valence-corrected chi connectivity index (χ4v) is 3.74. The normalized spacial score (nSPS) is 15.9. The molecule has 9 nitrogen and oxygen atoms in total. The van der Waals surface area contributed by atoms with Crippen molar-refractivity contribution in [1.82, 2.24) is 34.1 Å². The molecule has 9 heteroatoms. The van der Waals surface area contributed by atoms with Gasteiger partial charge in [0, 0.05) is 31.9 Å². The van der Waals surface area contributed by atoms with Gasteiger partial charge in [0.1, 0.15) is 17.2 Å². The highest BCUT2D eigenvalue weighted by molar-refractivity contribution is 5.60. The molecule has 4 aromatic rings. The molecule has 5 rings (SSSR count). The van der Waals surface area contributed by atoms with Crippen LogP contribution in [0.25, 0.3) is 22.7 Å². The monoisotopic (exact) mass is 390 g/mol. The maximum Gasteiger partial charge on any atom is 0.258 e. The zero-order valence-corrected chi connectivity index (χ0v) is 16.5. The van der Waals surface area contributed by atoms with Crippen LogP contribution in [0.5, 0.6) is 0 Å². The van der Waals surface area contributed by atoms with Crippen LogP contribution in [-0.2, 0) is 0 Å². The summed E-state index contributed by atoms with van der Waals surface area (Å²) in [7, 11) is 2.14. The van der Waals surface area contributed by atoms with Gasteiger partial charge in [-0.25, -0.2) is 9.97 Å². The number of aromatic nitrogens is 6. The van der Waals surface area contributed by atoms with Crippen molar-refractivity contribution in [2.45, 2.75) is 13.3 Å². The van der Waals surface area contributed by atoms with Gasteiger partial charge in [-0.05, 0) is 51.2 Å². The number of likely N-dealkylation sites (N-methyl/N-ethyl adjacent to an activating group) is 1. The molecule has 4 aromatic heterocycles. The van der Waals surface area contributed by atoms with Gasteiger partial charge in [-0.1, -0.05) is 0 Å². The van der Waals surface area contributed by atoms with E-state index in [2.05, 4.69) is 37.0 Å². The van der Waals surface area contributed by atoms with Crippen LogP contribution in [0.4, 0.5) is 5.69 Å².